The number of rotatable bonds is 5. The minimum atomic E-state index is -3.57. The molecular formula is C9H11BrClNO3S2. The molecule has 0 bridgehead atoms. The van der Waals surface area contributed by atoms with Crippen molar-refractivity contribution in [3.8, 4) is 0 Å². The van der Waals surface area contributed by atoms with Gasteiger partial charge in [0.2, 0.25) is 10.0 Å². The van der Waals surface area contributed by atoms with Crippen LogP contribution in [0.2, 0.25) is 5.02 Å². The molecule has 4 nitrogen and oxygen atoms in total. The van der Waals surface area contributed by atoms with Gasteiger partial charge in [-0.15, -0.1) is 0 Å². The van der Waals surface area contributed by atoms with Gasteiger partial charge in [-0.2, -0.15) is 0 Å². The predicted molar refractivity (Wildman–Crippen MR) is 73.3 cm³/mol. The second-order valence-electron chi connectivity index (χ2n) is 3.25. The lowest BCUT2D eigenvalue weighted by Crippen LogP contribution is -2.27. The Balaban J connectivity index is 2.82. The fraction of sp³-hybridized carbons (Fsp3) is 0.333. The van der Waals surface area contributed by atoms with E-state index in [1.54, 1.807) is 0 Å². The van der Waals surface area contributed by atoms with Crippen molar-refractivity contribution in [1.82, 2.24) is 4.72 Å². The van der Waals surface area contributed by atoms with Crippen LogP contribution in [0.5, 0.6) is 0 Å². The van der Waals surface area contributed by atoms with Crippen LogP contribution in [0, 0.1) is 0 Å². The maximum absolute atomic E-state index is 11.8. The summed E-state index contributed by atoms with van der Waals surface area (Å²) in [6.07, 6.45) is 1.52. The molecule has 1 aromatic rings. The fourth-order valence-electron chi connectivity index (χ4n) is 1.05. The maximum Gasteiger partial charge on any atom is 0.240 e. The van der Waals surface area contributed by atoms with Crippen molar-refractivity contribution < 1.29 is 12.6 Å². The Hall–Kier alpha value is 0.0500. The molecule has 1 aromatic carbocycles. The first-order chi connectivity index (χ1) is 7.83. The van der Waals surface area contributed by atoms with Crippen LogP contribution < -0.4 is 4.72 Å². The summed E-state index contributed by atoms with van der Waals surface area (Å²) in [7, 11) is -4.59. The van der Waals surface area contributed by atoms with E-state index >= 15 is 0 Å². The summed E-state index contributed by atoms with van der Waals surface area (Å²) in [5.74, 6) is 0.286. The van der Waals surface area contributed by atoms with Gasteiger partial charge < -0.3 is 0 Å². The number of nitrogens with one attached hydrogen (secondary N) is 1. The quantitative estimate of drug-likeness (QED) is 0.870. The van der Waals surface area contributed by atoms with Gasteiger partial charge in [0, 0.05) is 33.8 Å². The first-order valence-electron chi connectivity index (χ1n) is 4.57. The van der Waals surface area contributed by atoms with Gasteiger partial charge in [-0.25, -0.2) is 13.1 Å². The van der Waals surface area contributed by atoms with E-state index in [-0.39, 0.29) is 17.2 Å². The van der Waals surface area contributed by atoms with Crippen LogP contribution in [-0.4, -0.2) is 31.2 Å². The van der Waals surface area contributed by atoms with Crippen LogP contribution in [0.4, 0.5) is 0 Å². The zero-order valence-corrected chi connectivity index (χ0v) is 12.9. The molecule has 0 heterocycles. The zero-order valence-electron chi connectivity index (χ0n) is 8.94. The van der Waals surface area contributed by atoms with E-state index in [4.69, 9.17) is 11.6 Å². The van der Waals surface area contributed by atoms with Crippen molar-refractivity contribution in [2.75, 3.05) is 18.6 Å². The molecule has 96 valence electrons. The maximum atomic E-state index is 11.8. The molecule has 17 heavy (non-hydrogen) atoms. The monoisotopic (exact) mass is 359 g/mol. The third-order valence-corrected chi connectivity index (χ3v) is 5.33. The van der Waals surface area contributed by atoms with E-state index in [0.717, 1.165) is 0 Å². The highest BCUT2D eigenvalue weighted by Gasteiger charge is 2.14. The molecular weight excluding hydrogens is 350 g/mol. The van der Waals surface area contributed by atoms with Crippen molar-refractivity contribution in [2.24, 2.45) is 0 Å². The van der Waals surface area contributed by atoms with Crippen LogP contribution >= 0.6 is 27.5 Å². The Bertz CT molecular complexity index is 533. The van der Waals surface area contributed by atoms with Crippen LogP contribution in [-0.2, 0) is 20.8 Å². The van der Waals surface area contributed by atoms with Gasteiger partial charge in [0.1, 0.15) is 0 Å². The molecule has 1 unspecified atom stereocenters. The molecule has 0 saturated heterocycles. The Kier molecular flexibility index (Phi) is 5.59. The molecule has 1 atom stereocenters. The van der Waals surface area contributed by atoms with Crippen molar-refractivity contribution >= 4 is 48.4 Å². The van der Waals surface area contributed by atoms with Crippen molar-refractivity contribution in [3.63, 3.8) is 0 Å². The van der Waals surface area contributed by atoms with Crippen LogP contribution in [0.1, 0.15) is 0 Å². The lowest BCUT2D eigenvalue weighted by molar-refractivity contribution is 0.584. The second kappa shape index (κ2) is 6.29. The average molecular weight is 361 g/mol. The number of halogens is 2. The molecule has 0 fully saturated rings. The van der Waals surface area contributed by atoms with Gasteiger partial charge in [-0.1, -0.05) is 11.6 Å². The molecule has 0 radical (unpaired) electrons. The highest BCUT2D eigenvalue weighted by molar-refractivity contribution is 9.10. The molecule has 0 aliphatic rings. The van der Waals surface area contributed by atoms with Crippen LogP contribution in [0.15, 0.2) is 27.6 Å². The SMILES string of the molecule is CS(=O)CCNS(=O)(=O)c1ccc(Cl)c(Br)c1. The largest absolute Gasteiger partial charge is 0.260 e. The third-order valence-electron chi connectivity index (χ3n) is 1.88. The summed E-state index contributed by atoms with van der Waals surface area (Å²) in [5.41, 5.74) is 0. The van der Waals surface area contributed by atoms with Gasteiger partial charge in [-0.05, 0) is 34.1 Å². The third kappa shape index (κ3) is 4.67. The lowest BCUT2D eigenvalue weighted by atomic mass is 10.4. The van der Waals surface area contributed by atoms with E-state index in [9.17, 15) is 12.6 Å². The van der Waals surface area contributed by atoms with Gasteiger partial charge in [0.15, 0.2) is 0 Å². The van der Waals surface area contributed by atoms with Crippen LogP contribution in [0.3, 0.4) is 0 Å². The molecule has 0 spiro atoms. The van der Waals surface area contributed by atoms with Gasteiger partial charge in [-0.3, -0.25) is 4.21 Å². The molecule has 0 saturated carbocycles. The summed E-state index contributed by atoms with van der Waals surface area (Å²) >= 11 is 8.93. The topological polar surface area (TPSA) is 63.2 Å². The smallest absolute Gasteiger partial charge is 0.240 e. The first kappa shape index (κ1) is 15.1. The van der Waals surface area contributed by atoms with Crippen LogP contribution in [0.25, 0.3) is 0 Å². The van der Waals surface area contributed by atoms with Crippen molar-refractivity contribution in [1.29, 1.82) is 0 Å². The summed E-state index contributed by atoms with van der Waals surface area (Å²) in [5, 5.41) is 0.443. The Morgan fingerprint density at radius 3 is 2.65 bits per heavy atom. The van der Waals surface area contributed by atoms with E-state index in [1.807, 2.05) is 0 Å². The van der Waals surface area contributed by atoms with E-state index in [0.29, 0.717) is 9.50 Å². The number of hydrogen-bond donors (Lipinski definition) is 1. The molecule has 0 aliphatic carbocycles. The average Bonchev–Trinajstić information content (AvgIpc) is 2.21. The van der Waals surface area contributed by atoms with Gasteiger partial charge >= 0.3 is 0 Å². The molecule has 0 amide bonds. The number of benzene rings is 1. The molecule has 1 rings (SSSR count). The number of sulfonamides is 1. The molecule has 0 aliphatic heterocycles. The number of hydrogen-bond acceptors (Lipinski definition) is 3. The summed E-state index contributed by atoms with van der Waals surface area (Å²) in [6, 6.07) is 4.34. The summed E-state index contributed by atoms with van der Waals surface area (Å²) in [6.45, 7) is 0.145. The van der Waals surface area contributed by atoms with Crippen molar-refractivity contribution in [3.05, 3.63) is 27.7 Å². The standard InChI is InChI=1S/C9H11BrClNO3S2/c1-16(13)5-4-12-17(14,15)7-2-3-9(11)8(10)6-7/h2-3,6,12H,4-5H2,1H3. The zero-order chi connectivity index (χ0) is 13.1. The summed E-state index contributed by atoms with van der Waals surface area (Å²) in [4.78, 5) is 0.121. The molecule has 8 heteroatoms. The molecule has 1 N–H and O–H groups in total. The lowest BCUT2D eigenvalue weighted by Gasteiger charge is -2.06. The molecule has 0 aromatic heterocycles. The van der Waals surface area contributed by atoms with Gasteiger partial charge in [0.05, 0.1) is 9.92 Å². The summed E-state index contributed by atoms with van der Waals surface area (Å²) < 4.78 is 37.3. The fourth-order valence-corrected chi connectivity index (χ4v) is 3.27. The van der Waals surface area contributed by atoms with Gasteiger partial charge in [0.25, 0.3) is 0 Å². The Morgan fingerprint density at radius 1 is 1.47 bits per heavy atom. The Labute approximate surface area is 116 Å². The predicted octanol–water partition coefficient (Wildman–Crippen LogP) is 1.76. The van der Waals surface area contributed by atoms with E-state index in [1.165, 1.54) is 24.5 Å². The minimum Gasteiger partial charge on any atom is -0.260 e. The Morgan fingerprint density at radius 2 is 2.12 bits per heavy atom. The first-order valence-corrected chi connectivity index (χ1v) is 8.96. The normalized spacial score (nSPS) is 13.6. The second-order valence-corrected chi connectivity index (χ2v) is 7.83. The minimum absolute atomic E-state index is 0.121. The van der Waals surface area contributed by atoms with E-state index < -0.39 is 20.8 Å². The highest BCUT2D eigenvalue weighted by Crippen LogP contribution is 2.25. The van der Waals surface area contributed by atoms with E-state index in [2.05, 4.69) is 20.7 Å². The highest BCUT2D eigenvalue weighted by atomic mass is 79.9. The van der Waals surface area contributed by atoms with Crippen molar-refractivity contribution in [2.45, 2.75) is 4.90 Å².